The van der Waals surface area contributed by atoms with Crippen molar-refractivity contribution < 1.29 is 23.4 Å². The van der Waals surface area contributed by atoms with Crippen molar-refractivity contribution in [3.8, 4) is 5.75 Å². The van der Waals surface area contributed by atoms with Crippen molar-refractivity contribution in [2.45, 2.75) is 97.1 Å². The van der Waals surface area contributed by atoms with Gasteiger partial charge in [0.1, 0.15) is 12.0 Å². The Morgan fingerprint density at radius 2 is 1.83 bits per heavy atom. The molecule has 0 aromatic heterocycles. The molecule has 5 nitrogen and oxygen atoms in total. The number of rotatable bonds is 8. The van der Waals surface area contributed by atoms with Gasteiger partial charge in [-0.25, -0.2) is 0 Å². The standard InChI is InChI=1S/C24H40O5Si/c1-10-20(25)24(6)22(27-16-18-11-13-19(26-7)14-12-18)17(2)15-21(28-24)29-30(8,9)23(3,4)5/h11-14,17,21-22H,10,15-16H2,1-9H3/t17-,21?,22+,24+/m1/s1. The van der Waals surface area contributed by atoms with Gasteiger partial charge in [-0.3, -0.25) is 4.79 Å². The minimum Gasteiger partial charge on any atom is -0.497 e. The highest BCUT2D eigenvalue weighted by Gasteiger charge is 2.52. The smallest absolute Gasteiger partial charge is 0.195 e. The lowest BCUT2D eigenvalue weighted by molar-refractivity contribution is -0.258. The highest BCUT2D eigenvalue weighted by atomic mass is 28.4. The molecule has 1 saturated heterocycles. The van der Waals surface area contributed by atoms with Crippen LogP contribution < -0.4 is 4.74 Å². The molecule has 1 unspecified atom stereocenters. The van der Waals surface area contributed by atoms with Crippen LogP contribution in [0.4, 0.5) is 0 Å². The molecule has 0 N–H and O–H groups in total. The second-order valence-electron chi connectivity index (χ2n) is 10.1. The number of ether oxygens (including phenoxy) is 3. The van der Waals surface area contributed by atoms with Crippen LogP contribution in [0.25, 0.3) is 0 Å². The molecule has 170 valence electrons. The van der Waals surface area contributed by atoms with Gasteiger partial charge in [-0.1, -0.05) is 46.8 Å². The monoisotopic (exact) mass is 436 g/mol. The summed E-state index contributed by atoms with van der Waals surface area (Å²) in [6, 6.07) is 7.79. The van der Waals surface area contributed by atoms with E-state index in [4.69, 9.17) is 18.6 Å². The van der Waals surface area contributed by atoms with Gasteiger partial charge in [0, 0.05) is 12.8 Å². The van der Waals surface area contributed by atoms with Crippen LogP contribution in [-0.2, 0) is 25.3 Å². The highest BCUT2D eigenvalue weighted by molar-refractivity contribution is 6.74. The van der Waals surface area contributed by atoms with Crippen molar-refractivity contribution in [2.24, 2.45) is 5.92 Å². The van der Waals surface area contributed by atoms with Crippen LogP contribution in [0, 0.1) is 5.92 Å². The Morgan fingerprint density at radius 1 is 1.23 bits per heavy atom. The zero-order chi connectivity index (χ0) is 22.7. The van der Waals surface area contributed by atoms with E-state index in [0.717, 1.165) is 11.3 Å². The third kappa shape index (κ3) is 5.52. The molecule has 4 atom stereocenters. The van der Waals surface area contributed by atoms with Crippen LogP contribution in [0.5, 0.6) is 5.75 Å². The Bertz CT molecular complexity index is 709. The summed E-state index contributed by atoms with van der Waals surface area (Å²) in [6.07, 6.45) is 0.402. The maximum atomic E-state index is 13.0. The number of benzene rings is 1. The lowest BCUT2D eigenvalue weighted by atomic mass is 9.80. The van der Waals surface area contributed by atoms with Gasteiger partial charge >= 0.3 is 0 Å². The van der Waals surface area contributed by atoms with Crippen LogP contribution in [0.2, 0.25) is 18.1 Å². The zero-order valence-electron chi connectivity index (χ0n) is 20.2. The molecule has 0 radical (unpaired) electrons. The lowest BCUT2D eigenvalue weighted by Gasteiger charge is -2.49. The first-order chi connectivity index (χ1) is 13.8. The van der Waals surface area contributed by atoms with Crippen molar-refractivity contribution >= 4 is 14.1 Å². The number of carbonyl (C=O) groups excluding carboxylic acids is 1. The largest absolute Gasteiger partial charge is 0.497 e. The van der Waals surface area contributed by atoms with Crippen molar-refractivity contribution in [1.29, 1.82) is 0 Å². The van der Waals surface area contributed by atoms with Gasteiger partial charge in [-0.05, 0) is 48.7 Å². The van der Waals surface area contributed by atoms with Crippen molar-refractivity contribution in [1.82, 2.24) is 0 Å². The van der Waals surface area contributed by atoms with Gasteiger partial charge in [0.15, 0.2) is 19.7 Å². The molecular formula is C24H40O5Si. The molecule has 0 aliphatic carbocycles. The van der Waals surface area contributed by atoms with Gasteiger partial charge in [-0.2, -0.15) is 0 Å². The molecule has 1 aliphatic rings. The van der Waals surface area contributed by atoms with E-state index in [1.54, 1.807) is 7.11 Å². The molecule has 0 bridgehead atoms. The Kier molecular flexibility index (Phi) is 7.94. The molecule has 0 saturated carbocycles. The maximum Gasteiger partial charge on any atom is 0.195 e. The topological polar surface area (TPSA) is 54.0 Å². The Hall–Kier alpha value is -1.21. The van der Waals surface area contributed by atoms with Crippen LogP contribution in [0.3, 0.4) is 0 Å². The average molecular weight is 437 g/mol. The fourth-order valence-electron chi connectivity index (χ4n) is 3.74. The van der Waals surface area contributed by atoms with Crippen LogP contribution in [0.15, 0.2) is 24.3 Å². The third-order valence-corrected chi connectivity index (χ3v) is 11.2. The summed E-state index contributed by atoms with van der Waals surface area (Å²) in [7, 11) is -0.371. The van der Waals surface area contributed by atoms with E-state index in [9.17, 15) is 4.79 Å². The fraction of sp³-hybridized carbons (Fsp3) is 0.708. The first kappa shape index (κ1) is 25.1. The minimum absolute atomic E-state index is 0.0533. The summed E-state index contributed by atoms with van der Waals surface area (Å²) in [6.45, 7) is 17.4. The third-order valence-electron chi connectivity index (χ3n) is 6.70. The summed E-state index contributed by atoms with van der Waals surface area (Å²) >= 11 is 0. The SMILES string of the molecule is CCC(=O)[C@]1(C)OC(O[Si](C)(C)C(C)(C)C)C[C@@H](C)[C@@H]1OCc1ccc(OC)cc1. The van der Waals surface area contributed by atoms with Crippen molar-refractivity contribution in [3.05, 3.63) is 29.8 Å². The quantitative estimate of drug-likeness (QED) is 0.488. The normalized spacial score (nSPS) is 27.7. The maximum absolute atomic E-state index is 13.0. The molecule has 0 spiro atoms. The van der Waals surface area contributed by atoms with Gasteiger partial charge in [0.05, 0.1) is 19.8 Å². The molecule has 1 aromatic rings. The molecule has 1 aromatic carbocycles. The second kappa shape index (κ2) is 9.51. The van der Waals surface area contributed by atoms with Crippen LogP contribution in [-0.4, -0.2) is 39.2 Å². The number of hydrogen-bond acceptors (Lipinski definition) is 5. The predicted molar refractivity (Wildman–Crippen MR) is 122 cm³/mol. The molecule has 30 heavy (non-hydrogen) atoms. The Morgan fingerprint density at radius 3 is 2.33 bits per heavy atom. The van der Waals surface area contributed by atoms with Crippen LogP contribution >= 0.6 is 0 Å². The highest BCUT2D eigenvalue weighted by Crippen LogP contribution is 2.42. The van der Waals surface area contributed by atoms with Crippen LogP contribution in [0.1, 0.15) is 59.9 Å². The molecular weight excluding hydrogens is 396 g/mol. The lowest BCUT2D eigenvalue weighted by Crippen LogP contribution is -2.60. The Labute approximate surface area is 183 Å². The number of ketones is 1. The van der Waals surface area contributed by atoms with E-state index >= 15 is 0 Å². The summed E-state index contributed by atoms with van der Waals surface area (Å²) in [4.78, 5) is 13.0. The summed E-state index contributed by atoms with van der Waals surface area (Å²) < 4.78 is 24.4. The molecule has 1 aliphatic heterocycles. The number of methoxy groups -OCH3 is 1. The van der Waals surface area contributed by atoms with E-state index in [1.807, 2.05) is 38.1 Å². The fourth-order valence-corrected chi connectivity index (χ4v) is 4.90. The first-order valence-electron chi connectivity index (χ1n) is 11.0. The van der Waals surface area contributed by atoms with Crippen molar-refractivity contribution in [2.75, 3.05) is 7.11 Å². The minimum atomic E-state index is -2.02. The molecule has 2 rings (SSSR count). The molecule has 6 heteroatoms. The average Bonchev–Trinajstić information content (AvgIpc) is 2.65. The van der Waals surface area contributed by atoms with E-state index in [0.29, 0.717) is 19.4 Å². The first-order valence-corrected chi connectivity index (χ1v) is 13.9. The summed E-state index contributed by atoms with van der Waals surface area (Å²) in [5.41, 5.74) is 0.0142. The zero-order valence-corrected chi connectivity index (χ0v) is 21.2. The molecule has 0 amide bonds. The van der Waals surface area contributed by atoms with E-state index < -0.39 is 13.9 Å². The second-order valence-corrected chi connectivity index (χ2v) is 14.9. The Balaban J connectivity index is 2.18. The number of hydrogen-bond donors (Lipinski definition) is 0. The van der Waals surface area contributed by atoms with Crippen molar-refractivity contribution in [3.63, 3.8) is 0 Å². The molecule has 1 fully saturated rings. The predicted octanol–water partition coefficient (Wildman–Crippen LogP) is 5.72. The van der Waals surface area contributed by atoms with E-state index in [-0.39, 0.29) is 29.1 Å². The van der Waals surface area contributed by atoms with Gasteiger partial charge in [0.2, 0.25) is 0 Å². The van der Waals surface area contributed by atoms with Gasteiger partial charge in [0.25, 0.3) is 0 Å². The molecule has 1 heterocycles. The summed E-state index contributed by atoms with van der Waals surface area (Å²) in [5, 5.41) is 0.0759. The number of carbonyl (C=O) groups is 1. The van der Waals surface area contributed by atoms with E-state index in [1.165, 1.54) is 0 Å². The van der Waals surface area contributed by atoms with Gasteiger partial charge < -0.3 is 18.6 Å². The van der Waals surface area contributed by atoms with E-state index in [2.05, 4.69) is 40.8 Å². The number of Topliss-reactive ketones (excluding diaryl/α,β-unsaturated/α-hetero) is 1. The van der Waals surface area contributed by atoms with Gasteiger partial charge in [-0.15, -0.1) is 0 Å². The summed E-state index contributed by atoms with van der Waals surface area (Å²) in [5.74, 6) is 0.995.